The zero-order chi connectivity index (χ0) is 62.2. The lowest BCUT2D eigenvalue weighted by Gasteiger charge is -2.13. The molecule has 0 aliphatic carbocycles. The highest BCUT2D eigenvalue weighted by Crippen LogP contribution is 2.25. The number of phenols is 4. The molecule has 0 aromatic heterocycles. The fraction of sp³-hybridized carbons (Fsp3) is 0.176. The minimum atomic E-state index is -0.719. The zero-order valence-corrected chi connectivity index (χ0v) is 47.7. The molecule has 0 fully saturated rings. The van der Waals surface area contributed by atoms with Crippen molar-refractivity contribution in [3.63, 3.8) is 0 Å². The van der Waals surface area contributed by atoms with Crippen LogP contribution in [0.2, 0.25) is 0 Å². The van der Waals surface area contributed by atoms with Gasteiger partial charge in [0.2, 0.25) is 0 Å². The van der Waals surface area contributed by atoms with E-state index in [0.717, 1.165) is 16.7 Å². The van der Waals surface area contributed by atoms with E-state index in [1.54, 1.807) is 153 Å². The molecule has 0 saturated heterocycles. The summed E-state index contributed by atoms with van der Waals surface area (Å²) in [5.41, 5.74) is 6.14. The van der Waals surface area contributed by atoms with E-state index in [1.165, 1.54) is 77.0 Å². The molecule has 0 bridgehead atoms. The summed E-state index contributed by atoms with van der Waals surface area (Å²) in [5.74, 6) is -1.98. The SMILES string of the molecule is CCC(C(=O)OC)c1cccc(C(=O)c2ccc(O)cc2)c1.COC(=O)C(C)Oc1ccc(C(=O)c2ccc(O)cc2)cc1.COC(=O)C(C)c1cccc(C(=O)c2ccc(O)cc2)c1.COC(=O)Cc1cccc(C(=O)c2ccc(O)cc2)c1. The van der Waals surface area contributed by atoms with E-state index < -0.39 is 18.0 Å². The maximum atomic E-state index is 12.5. The van der Waals surface area contributed by atoms with Crippen LogP contribution in [-0.4, -0.2) is 102 Å². The summed E-state index contributed by atoms with van der Waals surface area (Å²) in [6, 6.07) is 51.5. The number of hydrogen-bond donors (Lipinski definition) is 4. The summed E-state index contributed by atoms with van der Waals surface area (Å²) < 4.78 is 24.1. The third-order valence-electron chi connectivity index (χ3n) is 12.9. The third kappa shape index (κ3) is 19.2. The standard InChI is InChI=1S/C18H18O4.C17H16O5.C17H16O4.C16H14O4/c1-3-16(18(21)22-2)13-5-4-6-14(11-13)17(20)12-7-9-15(19)10-8-12;1-11(17(20)21-2)22-15-9-5-13(6-10-15)16(19)12-3-7-14(18)8-4-12;1-11(17(20)21-2)13-4-3-5-14(10-13)16(19)12-6-8-15(18)9-7-12;1-20-15(18)10-11-3-2-4-13(9-11)16(19)12-5-7-14(17)8-6-12/h4-11,16,19H,3H2,1-2H3;3-11,18H,1-2H3;3-11,18H,1-2H3;2-9,17H,10H2,1H3. The molecule has 8 aromatic carbocycles. The van der Waals surface area contributed by atoms with E-state index in [-0.39, 0.29) is 76.4 Å². The van der Waals surface area contributed by atoms with Crippen molar-refractivity contribution in [3.8, 4) is 28.7 Å². The molecular formula is C68H64O17. The maximum absolute atomic E-state index is 12.5. The first-order valence-corrected chi connectivity index (χ1v) is 26.4. The van der Waals surface area contributed by atoms with Gasteiger partial charge in [-0.1, -0.05) is 61.5 Å². The monoisotopic (exact) mass is 1150 g/mol. The van der Waals surface area contributed by atoms with E-state index in [2.05, 4.69) is 9.47 Å². The summed E-state index contributed by atoms with van der Waals surface area (Å²) in [6.07, 6.45) is 0.0140. The topological polar surface area (TPSA) is 264 Å². The lowest BCUT2D eigenvalue weighted by Crippen LogP contribution is -2.24. The van der Waals surface area contributed by atoms with E-state index in [0.29, 0.717) is 56.7 Å². The molecule has 0 aliphatic heterocycles. The Morgan fingerprint density at radius 2 is 0.718 bits per heavy atom. The molecule has 8 rings (SSSR count). The van der Waals surface area contributed by atoms with Gasteiger partial charge in [-0.15, -0.1) is 0 Å². The minimum Gasteiger partial charge on any atom is -0.508 e. The van der Waals surface area contributed by atoms with Crippen LogP contribution in [0.4, 0.5) is 0 Å². The molecule has 0 aliphatic rings. The average Bonchev–Trinajstić information content (AvgIpc) is 3.67. The van der Waals surface area contributed by atoms with Crippen LogP contribution in [0.3, 0.4) is 0 Å². The van der Waals surface area contributed by atoms with Gasteiger partial charge in [0.05, 0.1) is 46.7 Å². The summed E-state index contributed by atoms with van der Waals surface area (Å²) in [5, 5.41) is 37.0. The van der Waals surface area contributed by atoms with Crippen molar-refractivity contribution in [3.05, 3.63) is 255 Å². The van der Waals surface area contributed by atoms with Crippen LogP contribution < -0.4 is 4.74 Å². The van der Waals surface area contributed by atoms with Gasteiger partial charge >= 0.3 is 23.9 Å². The van der Waals surface area contributed by atoms with Gasteiger partial charge < -0.3 is 44.1 Å². The molecule has 17 nitrogen and oxygen atoms in total. The smallest absolute Gasteiger partial charge is 0.346 e. The molecule has 0 amide bonds. The number of ether oxygens (including phenoxy) is 5. The van der Waals surface area contributed by atoms with Crippen LogP contribution in [-0.2, 0) is 44.5 Å². The van der Waals surface area contributed by atoms with Gasteiger partial charge in [0.15, 0.2) is 29.2 Å². The number of phenolic OH excluding ortho intramolecular Hbond substituents is 4. The van der Waals surface area contributed by atoms with Crippen molar-refractivity contribution < 1.29 is 82.5 Å². The quantitative estimate of drug-likeness (QED) is 0.0353. The van der Waals surface area contributed by atoms with E-state index in [1.807, 2.05) is 13.0 Å². The molecule has 0 radical (unpaired) electrons. The second kappa shape index (κ2) is 32.1. The molecule has 0 saturated carbocycles. The first-order chi connectivity index (χ1) is 40.7. The second-order valence-electron chi connectivity index (χ2n) is 18.7. The summed E-state index contributed by atoms with van der Waals surface area (Å²) in [6.45, 7) is 5.22. The van der Waals surface area contributed by atoms with Gasteiger partial charge in [0, 0.05) is 44.5 Å². The normalized spacial score (nSPS) is 11.3. The van der Waals surface area contributed by atoms with Crippen molar-refractivity contribution in [2.75, 3.05) is 28.4 Å². The Morgan fingerprint density at radius 1 is 0.376 bits per heavy atom. The van der Waals surface area contributed by atoms with Crippen molar-refractivity contribution in [2.45, 2.75) is 51.6 Å². The minimum absolute atomic E-state index is 0.108. The Kier molecular flexibility index (Phi) is 24.6. The first-order valence-electron chi connectivity index (χ1n) is 26.4. The summed E-state index contributed by atoms with van der Waals surface area (Å²) in [7, 11) is 5.32. The molecule has 3 unspecified atom stereocenters. The molecule has 4 N–H and O–H groups in total. The van der Waals surface area contributed by atoms with Crippen LogP contribution in [0.15, 0.2) is 194 Å². The van der Waals surface area contributed by atoms with Gasteiger partial charge in [-0.2, -0.15) is 0 Å². The van der Waals surface area contributed by atoms with Crippen LogP contribution in [0.25, 0.3) is 0 Å². The third-order valence-corrected chi connectivity index (χ3v) is 12.9. The Balaban J connectivity index is 0.000000207. The highest BCUT2D eigenvalue weighted by molar-refractivity contribution is 6.11. The number of methoxy groups -OCH3 is 4. The van der Waals surface area contributed by atoms with E-state index >= 15 is 0 Å². The van der Waals surface area contributed by atoms with Crippen molar-refractivity contribution in [1.29, 1.82) is 0 Å². The number of carbonyl (C=O) groups is 8. The summed E-state index contributed by atoms with van der Waals surface area (Å²) >= 11 is 0. The molecule has 0 heterocycles. The number of esters is 4. The van der Waals surface area contributed by atoms with E-state index in [9.17, 15) is 58.8 Å². The number of aromatic hydroxyl groups is 4. The van der Waals surface area contributed by atoms with Gasteiger partial charge in [-0.05, 0) is 176 Å². The highest BCUT2D eigenvalue weighted by Gasteiger charge is 2.22. The lowest BCUT2D eigenvalue weighted by molar-refractivity contribution is -0.148. The Morgan fingerprint density at radius 3 is 1.09 bits per heavy atom. The summed E-state index contributed by atoms with van der Waals surface area (Å²) in [4.78, 5) is 95.2. The highest BCUT2D eigenvalue weighted by atomic mass is 16.6. The molecule has 8 aromatic rings. The number of rotatable bonds is 18. The van der Waals surface area contributed by atoms with Gasteiger partial charge in [-0.25, -0.2) is 4.79 Å². The largest absolute Gasteiger partial charge is 0.508 e. The number of benzene rings is 8. The first kappa shape index (κ1) is 65.1. The number of ketones is 4. The molecule has 17 heteroatoms. The van der Waals surface area contributed by atoms with Gasteiger partial charge in [0.25, 0.3) is 0 Å². The fourth-order valence-electron chi connectivity index (χ4n) is 8.12. The number of hydrogen-bond acceptors (Lipinski definition) is 17. The predicted molar refractivity (Wildman–Crippen MR) is 315 cm³/mol. The maximum Gasteiger partial charge on any atom is 0.346 e. The van der Waals surface area contributed by atoms with Gasteiger partial charge in [0.1, 0.15) is 28.7 Å². The molecule has 0 spiro atoms. The van der Waals surface area contributed by atoms with Crippen LogP contribution in [0, 0.1) is 0 Å². The Hall–Kier alpha value is -10.7. The average molecular weight is 1150 g/mol. The number of carbonyl (C=O) groups excluding carboxylic acids is 8. The lowest BCUT2D eigenvalue weighted by atomic mass is 9.93. The molecule has 85 heavy (non-hydrogen) atoms. The fourth-order valence-corrected chi connectivity index (χ4v) is 8.12. The Labute approximate surface area is 491 Å². The van der Waals surface area contributed by atoms with Crippen LogP contribution >= 0.6 is 0 Å². The van der Waals surface area contributed by atoms with Crippen LogP contribution in [0.5, 0.6) is 28.7 Å². The van der Waals surface area contributed by atoms with E-state index in [4.69, 9.17) is 14.2 Å². The zero-order valence-electron chi connectivity index (χ0n) is 47.7. The second-order valence-corrected chi connectivity index (χ2v) is 18.7. The van der Waals surface area contributed by atoms with Crippen molar-refractivity contribution >= 4 is 47.0 Å². The van der Waals surface area contributed by atoms with Crippen molar-refractivity contribution in [2.24, 2.45) is 0 Å². The predicted octanol–water partition coefficient (Wildman–Crippen LogP) is 11.1. The van der Waals surface area contributed by atoms with Gasteiger partial charge in [-0.3, -0.25) is 33.6 Å². The van der Waals surface area contributed by atoms with Crippen molar-refractivity contribution in [1.82, 2.24) is 0 Å². The molecular weight excluding hydrogens is 1090 g/mol. The van der Waals surface area contributed by atoms with Crippen LogP contribution in [0.1, 0.15) is 119 Å². The molecule has 438 valence electrons. The Bertz CT molecular complexity index is 3570. The molecule has 3 atom stereocenters.